The summed E-state index contributed by atoms with van der Waals surface area (Å²) in [7, 11) is 0. The maximum Gasteiger partial charge on any atom is 0.128 e. The predicted molar refractivity (Wildman–Crippen MR) is 51.5 cm³/mol. The average Bonchev–Trinajstić information content (AvgIpc) is 2.57. The van der Waals surface area contributed by atoms with Gasteiger partial charge in [0.25, 0.3) is 0 Å². The van der Waals surface area contributed by atoms with E-state index in [1.807, 2.05) is 6.07 Å². The molecular weight excluding hydrogens is 166 g/mol. The average molecular weight is 179 g/mol. The van der Waals surface area contributed by atoms with Gasteiger partial charge in [0.2, 0.25) is 0 Å². The number of nitrogens with two attached hydrogens (primary N) is 1. The highest BCUT2D eigenvalue weighted by Crippen LogP contribution is 2.13. The Hall–Kier alpha value is -1.29. The minimum absolute atomic E-state index is 0.384. The zero-order valence-electron chi connectivity index (χ0n) is 7.36. The van der Waals surface area contributed by atoms with E-state index in [9.17, 15) is 0 Å². The minimum Gasteiger partial charge on any atom is -0.399 e. The van der Waals surface area contributed by atoms with Crippen molar-refractivity contribution < 1.29 is 4.74 Å². The minimum atomic E-state index is 0.384. The Morgan fingerprint density at radius 2 is 2.54 bits per heavy atom. The van der Waals surface area contributed by atoms with E-state index in [2.05, 4.69) is 10.3 Å². The third kappa shape index (κ3) is 2.09. The third-order valence-electron chi connectivity index (χ3n) is 2.07. The van der Waals surface area contributed by atoms with Gasteiger partial charge in [-0.15, -0.1) is 0 Å². The summed E-state index contributed by atoms with van der Waals surface area (Å²) in [5.41, 5.74) is 6.35. The molecule has 1 fully saturated rings. The second-order valence-corrected chi connectivity index (χ2v) is 3.18. The molecule has 4 nitrogen and oxygen atoms in total. The Morgan fingerprint density at radius 1 is 1.62 bits per heavy atom. The standard InChI is InChI=1S/C9H13N3O/c10-7-1-3-11-9(5-7)12-8-2-4-13-6-8/h1,3,5,8H,2,4,6H2,(H3,10,11,12)/t8-/m1/s1. The quantitative estimate of drug-likeness (QED) is 0.707. The first-order chi connectivity index (χ1) is 6.34. The van der Waals surface area contributed by atoms with Gasteiger partial charge in [-0.25, -0.2) is 4.98 Å². The molecule has 70 valence electrons. The van der Waals surface area contributed by atoms with Crippen LogP contribution in [0.2, 0.25) is 0 Å². The van der Waals surface area contributed by atoms with E-state index in [0.29, 0.717) is 6.04 Å². The number of nitrogen functional groups attached to an aromatic ring is 1. The number of aromatic nitrogens is 1. The van der Waals surface area contributed by atoms with Crippen molar-refractivity contribution in [3.05, 3.63) is 18.3 Å². The molecule has 2 heterocycles. The molecule has 1 saturated heterocycles. The third-order valence-corrected chi connectivity index (χ3v) is 2.07. The van der Waals surface area contributed by atoms with Crippen LogP contribution in [-0.2, 0) is 4.74 Å². The molecular formula is C9H13N3O. The zero-order valence-corrected chi connectivity index (χ0v) is 7.36. The van der Waals surface area contributed by atoms with E-state index in [-0.39, 0.29) is 0 Å². The van der Waals surface area contributed by atoms with E-state index >= 15 is 0 Å². The van der Waals surface area contributed by atoms with Crippen molar-refractivity contribution in [3.8, 4) is 0 Å². The van der Waals surface area contributed by atoms with Crippen molar-refractivity contribution in [1.29, 1.82) is 0 Å². The van der Waals surface area contributed by atoms with Gasteiger partial charge >= 0.3 is 0 Å². The summed E-state index contributed by atoms with van der Waals surface area (Å²) in [5.74, 6) is 0.829. The van der Waals surface area contributed by atoms with Crippen molar-refractivity contribution in [2.75, 3.05) is 24.3 Å². The molecule has 1 aliphatic heterocycles. The van der Waals surface area contributed by atoms with Crippen LogP contribution in [-0.4, -0.2) is 24.2 Å². The summed E-state index contributed by atoms with van der Waals surface area (Å²) in [5, 5.41) is 3.27. The first-order valence-corrected chi connectivity index (χ1v) is 4.40. The van der Waals surface area contributed by atoms with Crippen molar-refractivity contribution >= 4 is 11.5 Å². The molecule has 1 aliphatic rings. The Bertz CT molecular complexity index is 284. The molecule has 1 aromatic heterocycles. The van der Waals surface area contributed by atoms with E-state index in [0.717, 1.165) is 31.1 Å². The second-order valence-electron chi connectivity index (χ2n) is 3.18. The van der Waals surface area contributed by atoms with E-state index in [4.69, 9.17) is 10.5 Å². The molecule has 0 spiro atoms. The summed E-state index contributed by atoms with van der Waals surface area (Å²) < 4.78 is 5.24. The molecule has 0 aromatic carbocycles. The van der Waals surface area contributed by atoms with Gasteiger partial charge in [-0.05, 0) is 12.5 Å². The van der Waals surface area contributed by atoms with E-state index in [1.54, 1.807) is 12.3 Å². The van der Waals surface area contributed by atoms with Gasteiger partial charge in [-0.1, -0.05) is 0 Å². The summed E-state index contributed by atoms with van der Waals surface area (Å²) in [4.78, 5) is 4.16. The number of hydrogen-bond acceptors (Lipinski definition) is 4. The van der Waals surface area contributed by atoms with Crippen LogP contribution in [0.3, 0.4) is 0 Å². The van der Waals surface area contributed by atoms with Crippen LogP contribution in [0.4, 0.5) is 11.5 Å². The van der Waals surface area contributed by atoms with Gasteiger partial charge in [-0.2, -0.15) is 0 Å². The van der Waals surface area contributed by atoms with Crippen LogP contribution in [0.1, 0.15) is 6.42 Å². The van der Waals surface area contributed by atoms with Crippen molar-refractivity contribution in [2.24, 2.45) is 0 Å². The molecule has 0 aliphatic carbocycles. The van der Waals surface area contributed by atoms with Crippen LogP contribution in [0.25, 0.3) is 0 Å². The van der Waals surface area contributed by atoms with Gasteiger partial charge in [0.1, 0.15) is 5.82 Å². The van der Waals surface area contributed by atoms with Gasteiger partial charge < -0.3 is 15.8 Å². The molecule has 0 bridgehead atoms. The monoisotopic (exact) mass is 179 g/mol. The summed E-state index contributed by atoms with van der Waals surface area (Å²) in [6.07, 6.45) is 2.74. The zero-order chi connectivity index (χ0) is 9.10. The van der Waals surface area contributed by atoms with Crippen LogP contribution in [0.5, 0.6) is 0 Å². The van der Waals surface area contributed by atoms with Crippen molar-refractivity contribution in [3.63, 3.8) is 0 Å². The molecule has 4 heteroatoms. The molecule has 1 atom stereocenters. The fraction of sp³-hybridized carbons (Fsp3) is 0.444. The van der Waals surface area contributed by atoms with Crippen LogP contribution in [0, 0.1) is 0 Å². The lowest BCUT2D eigenvalue weighted by molar-refractivity contribution is 0.195. The number of rotatable bonds is 2. The highest BCUT2D eigenvalue weighted by molar-refractivity contribution is 5.48. The fourth-order valence-corrected chi connectivity index (χ4v) is 1.38. The van der Waals surface area contributed by atoms with Gasteiger partial charge in [0.15, 0.2) is 0 Å². The number of nitrogens with zero attached hydrogens (tertiary/aromatic N) is 1. The van der Waals surface area contributed by atoms with Gasteiger partial charge in [0, 0.05) is 24.6 Å². The van der Waals surface area contributed by atoms with Gasteiger partial charge in [0.05, 0.1) is 12.6 Å². The summed E-state index contributed by atoms with van der Waals surface area (Å²) in [6.45, 7) is 1.59. The Balaban J connectivity index is 2.00. The van der Waals surface area contributed by atoms with Crippen LogP contribution < -0.4 is 11.1 Å². The molecule has 0 amide bonds. The first kappa shape index (κ1) is 8.31. The van der Waals surface area contributed by atoms with Crippen LogP contribution >= 0.6 is 0 Å². The highest BCUT2D eigenvalue weighted by Gasteiger charge is 2.15. The molecule has 13 heavy (non-hydrogen) atoms. The van der Waals surface area contributed by atoms with Crippen molar-refractivity contribution in [1.82, 2.24) is 4.98 Å². The largest absolute Gasteiger partial charge is 0.399 e. The number of pyridine rings is 1. The maximum absolute atomic E-state index is 5.62. The first-order valence-electron chi connectivity index (χ1n) is 4.40. The summed E-state index contributed by atoms with van der Waals surface area (Å²) >= 11 is 0. The van der Waals surface area contributed by atoms with Crippen molar-refractivity contribution in [2.45, 2.75) is 12.5 Å². The SMILES string of the molecule is Nc1ccnc(N[C@@H]2CCOC2)c1. The number of ether oxygens (including phenoxy) is 1. The van der Waals surface area contributed by atoms with Crippen LogP contribution in [0.15, 0.2) is 18.3 Å². The van der Waals surface area contributed by atoms with Gasteiger partial charge in [-0.3, -0.25) is 0 Å². The molecule has 2 rings (SSSR count). The lowest BCUT2D eigenvalue weighted by Gasteiger charge is -2.10. The lowest BCUT2D eigenvalue weighted by Crippen LogP contribution is -2.19. The Kier molecular flexibility index (Phi) is 2.31. The highest BCUT2D eigenvalue weighted by atomic mass is 16.5. The normalized spacial score (nSPS) is 21.7. The fourth-order valence-electron chi connectivity index (χ4n) is 1.38. The number of anilines is 2. The Morgan fingerprint density at radius 3 is 3.23 bits per heavy atom. The molecule has 0 radical (unpaired) electrons. The molecule has 3 N–H and O–H groups in total. The smallest absolute Gasteiger partial charge is 0.128 e. The van der Waals surface area contributed by atoms with E-state index < -0.39 is 0 Å². The number of hydrogen-bond donors (Lipinski definition) is 2. The van der Waals surface area contributed by atoms with E-state index in [1.165, 1.54) is 0 Å². The Labute approximate surface area is 77.1 Å². The summed E-state index contributed by atoms with van der Waals surface area (Å²) in [6, 6.07) is 3.99. The number of nitrogens with one attached hydrogen (secondary N) is 1. The lowest BCUT2D eigenvalue weighted by atomic mass is 10.2. The molecule has 1 aromatic rings. The predicted octanol–water partition coefficient (Wildman–Crippen LogP) is 0.865. The second kappa shape index (κ2) is 3.62. The molecule has 0 saturated carbocycles. The molecule has 0 unspecified atom stereocenters. The maximum atomic E-state index is 5.62. The topological polar surface area (TPSA) is 60.2 Å².